The van der Waals surface area contributed by atoms with Crippen LogP contribution >= 0.6 is 46.7 Å². The second-order valence-corrected chi connectivity index (χ2v) is 8.55. The Morgan fingerprint density at radius 2 is 2.00 bits per heavy atom. The summed E-state index contributed by atoms with van der Waals surface area (Å²) < 4.78 is 0.598. The lowest BCUT2D eigenvalue weighted by molar-refractivity contribution is -0.117. The maximum atomic E-state index is 12.3. The molecular formula is C18H12Cl2N2O2S2. The first-order valence-electron chi connectivity index (χ1n) is 7.46. The van der Waals surface area contributed by atoms with E-state index in [0.717, 1.165) is 5.56 Å². The van der Waals surface area contributed by atoms with Crippen LogP contribution in [0.15, 0.2) is 52.3 Å². The number of carbonyl (C=O) groups excluding carboxylic acids is 1. The van der Waals surface area contributed by atoms with Gasteiger partial charge in [0, 0.05) is 16.3 Å². The van der Waals surface area contributed by atoms with Gasteiger partial charge in [0.05, 0.1) is 9.26 Å². The molecule has 1 amide bonds. The van der Waals surface area contributed by atoms with Crippen LogP contribution in [-0.2, 0) is 10.5 Å². The molecule has 0 radical (unpaired) electrons. The fraction of sp³-hybridized carbons (Fsp3) is 0.111. The van der Waals surface area contributed by atoms with E-state index in [4.69, 9.17) is 23.2 Å². The molecule has 1 atom stereocenters. The molecule has 0 spiro atoms. The smallest absolute Gasteiger partial charge is 0.264 e. The number of nitrogens with one attached hydrogen (secondary N) is 1. The number of benzene rings is 2. The van der Waals surface area contributed by atoms with Gasteiger partial charge in [-0.05, 0) is 17.7 Å². The van der Waals surface area contributed by atoms with Crippen LogP contribution in [0.5, 0.6) is 5.75 Å². The summed E-state index contributed by atoms with van der Waals surface area (Å²) in [5.41, 5.74) is 1.55. The highest BCUT2D eigenvalue weighted by molar-refractivity contribution is 8.22. The molecule has 1 aliphatic rings. The standard InChI is InChI=1S/C18H12Cl2N2O2S2/c19-11-6-12(15(23)14(20)7-11)17-22-16(24)13(8-21)18(26-17)25-9-10-4-2-1-3-5-10/h1-7,17,23H,9H2,(H,22,24). The van der Waals surface area contributed by atoms with Crippen LogP contribution < -0.4 is 5.32 Å². The van der Waals surface area contributed by atoms with Crippen LogP contribution in [-0.4, -0.2) is 11.0 Å². The zero-order chi connectivity index (χ0) is 18.7. The van der Waals surface area contributed by atoms with E-state index >= 15 is 0 Å². The monoisotopic (exact) mass is 422 g/mol. The molecule has 2 N–H and O–H groups in total. The van der Waals surface area contributed by atoms with Gasteiger partial charge in [-0.3, -0.25) is 4.79 Å². The van der Waals surface area contributed by atoms with Gasteiger partial charge < -0.3 is 10.4 Å². The van der Waals surface area contributed by atoms with Crippen LogP contribution in [0.3, 0.4) is 0 Å². The lowest BCUT2D eigenvalue weighted by Gasteiger charge is -2.26. The summed E-state index contributed by atoms with van der Waals surface area (Å²) in [6, 6.07) is 14.7. The number of rotatable bonds is 4. The third-order valence-electron chi connectivity index (χ3n) is 3.58. The summed E-state index contributed by atoms with van der Waals surface area (Å²) in [6.45, 7) is 0. The molecule has 0 saturated heterocycles. The number of hydrogen-bond donors (Lipinski definition) is 2. The molecule has 4 nitrogen and oxygen atoms in total. The Morgan fingerprint density at radius 1 is 1.27 bits per heavy atom. The molecular weight excluding hydrogens is 411 g/mol. The Labute approximate surface area is 169 Å². The van der Waals surface area contributed by atoms with Crippen molar-refractivity contribution in [3.05, 3.63) is 73.4 Å². The van der Waals surface area contributed by atoms with Crippen LogP contribution in [0.2, 0.25) is 10.0 Å². The molecule has 0 saturated carbocycles. The highest BCUT2D eigenvalue weighted by Gasteiger charge is 2.31. The second kappa shape index (κ2) is 8.28. The van der Waals surface area contributed by atoms with E-state index in [0.29, 0.717) is 20.6 Å². The summed E-state index contributed by atoms with van der Waals surface area (Å²) in [4.78, 5) is 12.3. The second-order valence-electron chi connectivity index (χ2n) is 5.35. The fourth-order valence-corrected chi connectivity index (χ4v) is 5.29. The molecule has 1 unspecified atom stereocenters. The first-order chi connectivity index (χ1) is 12.5. The van der Waals surface area contributed by atoms with Gasteiger partial charge in [-0.2, -0.15) is 5.26 Å². The quantitative estimate of drug-likeness (QED) is 0.705. The van der Waals surface area contributed by atoms with E-state index in [-0.39, 0.29) is 16.3 Å². The minimum Gasteiger partial charge on any atom is -0.506 e. The average Bonchev–Trinajstić information content (AvgIpc) is 2.63. The number of halogens is 2. The van der Waals surface area contributed by atoms with Gasteiger partial charge in [0.1, 0.15) is 22.8 Å². The summed E-state index contributed by atoms with van der Waals surface area (Å²) >= 11 is 14.7. The molecule has 1 heterocycles. The molecule has 0 aliphatic carbocycles. The molecule has 0 bridgehead atoms. The molecule has 2 aromatic carbocycles. The van der Waals surface area contributed by atoms with Gasteiger partial charge in [-0.25, -0.2) is 0 Å². The van der Waals surface area contributed by atoms with Crippen molar-refractivity contribution in [3.8, 4) is 11.8 Å². The fourth-order valence-electron chi connectivity index (χ4n) is 2.33. The third kappa shape index (κ3) is 4.13. The first kappa shape index (κ1) is 19.0. The Hall–Kier alpha value is -1.78. The summed E-state index contributed by atoms with van der Waals surface area (Å²) in [6.07, 6.45) is 0. The molecule has 132 valence electrons. The SMILES string of the molecule is N#CC1=C(SCc2ccccc2)SC(c2cc(Cl)cc(Cl)c2O)NC1=O. The molecule has 26 heavy (non-hydrogen) atoms. The lowest BCUT2D eigenvalue weighted by Crippen LogP contribution is -2.31. The Balaban J connectivity index is 1.88. The predicted octanol–water partition coefficient (Wildman–Crippen LogP) is 5.23. The topological polar surface area (TPSA) is 73.1 Å². The maximum Gasteiger partial charge on any atom is 0.264 e. The molecule has 0 aromatic heterocycles. The largest absolute Gasteiger partial charge is 0.506 e. The van der Waals surface area contributed by atoms with Crippen molar-refractivity contribution in [3.63, 3.8) is 0 Å². The van der Waals surface area contributed by atoms with Crippen molar-refractivity contribution in [2.24, 2.45) is 0 Å². The summed E-state index contributed by atoms with van der Waals surface area (Å²) in [7, 11) is 0. The Kier molecular flexibility index (Phi) is 6.05. The van der Waals surface area contributed by atoms with E-state index in [9.17, 15) is 15.2 Å². The molecule has 8 heteroatoms. The Bertz CT molecular complexity index is 927. The number of hydrogen-bond acceptors (Lipinski definition) is 5. The minimum atomic E-state index is -0.589. The van der Waals surface area contributed by atoms with E-state index in [1.54, 1.807) is 6.07 Å². The molecule has 0 fully saturated rings. The number of carbonyl (C=O) groups is 1. The van der Waals surface area contributed by atoms with E-state index in [1.165, 1.54) is 29.6 Å². The number of nitriles is 1. The normalized spacial score (nSPS) is 17.0. The Morgan fingerprint density at radius 3 is 2.69 bits per heavy atom. The minimum absolute atomic E-state index is 0.0693. The number of thioether (sulfide) groups is 2. The number of phenolic OH excluding ortho intramolecular Hbond substituents is 1. The van der Waals surface area contributed by atoms with Crippen LogP contribution in [0.1, 0.15) is 16.5 Å². The van der Waals surface area contributed by atoms with E-state index in [1.807, 2.05) is 36.4 Å². The van der Waals surface area contributed by atoms with Gasteiger partial charge in [-0.15, -0.1) is 11.8 Å². The van der Waals surface area contributed by atoms with Crippen molar-refractivity contribution in [1.82, 2.24) is 5.32 Å². The van der Waals surface area contributed by atoms with Gasteiger partial charge in [0.2, 0.25) is 0 Å². The maximum absolute atomic E-state index is 12.3. The predicted molar refractivity (Wildman–Crippen MR) is 107 cm³/mol. The van der Waals surface area contributed by atoms with Gasteiger partial charge in [0.25, 0.3) is 5.91 Å². The van der Waals surface area contributed by atoms with Gasteiger partial charge in [0.15, 0.2) is 0 Å². The van der Waals surface area contributed by atoms with Crippen molar-refractivity contribution in [2.75, 3.05) is 0 Å². The lowest BCUT2D eigenvalue weighted by atomic mass is 10.2. The number of aromatic hydroxyl groups is 1. The van der Waals surface area contributed by atoms with Crippen LogP contribution in [0.4, 0.5) is 0 Å². The highest BCUT2D eigenvalue weighted by Crippen LogP contribution is 2.48. The number of amides is 1. The van der Waals surface area contributed by atoms with Gasteiger partial charge in [-0.1, -0.05) is 65.3 Å². The third-order valence-corrected chi connectivity index (χ3v) is 6.70. The van der Waals surface area contributed by atoms with E-state index < -0.39 is 11.3 Å². The number of nitrogens with zero attached hydrogens (tertiary/aromatic N) is 1. The number of phenols is 1. The van der Waals surface area contributed by atoms with Crippen LogP contribution in [0, 0.1) is 11.3 Å². The molecule has 2 aromatic rings. The van der Waals surface area contributed by atoms with Crippen molar-refractivity contribution in [1.29, 1.82) is 5.26 Å². The molecule has 3 rings (SSSR count). The van der Waals surface area contributed by atoms with Crippen LogP contribution in [0.25, 0.3) is 0 Å². The zero-order valence-electron chi connectivity index (χ0n) is 13.2. The van der Waals surface area contributed by atoms with Crippen molar-refractivity contribution in [2.45, 2.75) is 11.1 Å². The van der Waals surface area contributed by atoms with Gasteiger partial charge >= 0.3 is 0 Å². The first-order valence-corrected chi connectivity index (χ1v) is 10.1. The van der Waals surface area contributed by atoms with Crippen molar-refractivity contribution < 1.29 is 9.90 Å². The molecule has 1 aliphatic heterocycles. The highest BCUT2D eigenvalue weighted by atomic mass is 35.5. The van der Waals surface area contributed by atoms with Crippen molar-refractivity contribution >= 4 is 52.6 Å². The summed E-state index contributed by atoms with van der Waals surface area (Å²) in [5, 5.41) is 22.2. The average molecular weight is 423 g/mol. The summed E-state index contributed by atoms with van der Waals surface area (Å²) in [5.74, 6) is 0.000362. The zero-order valence-corrected chi connectivity index (χ0v) is 16.3. The van der Waals surface area contributed by atoms with E-state index in [2.05, 4.69) is 5.32 Å².